The van der Waals surface area contributed by atoms with Crippen molar-refractivity contribution in [1.82, 2.24) is 9.62 Å². The van der Waals surface area contributed by atoms with Gasteiger partial charge in [0.25, 0.3) is 5.91 Å². The normalized spacial score (nSPS) is 15.2. The average molecular weight is 480 g/mol. The Morgan fingerprint density at radius 3 is 2.50 bits per heavy atom. The van der Waals surface area contributed by atoms with Gasteiger partial charge in [-0.15, -0.1) is 0 Å². The zero-order valence-corrected chi connectivity index (χ0v) is 19.5. The number of carbonyl (C=O) groups is 2. The topological polar surface area (TPSA) is 105 Å². The van der Waals surface area contributed by atoms with E-state index < -0.39 is 27.9 Å². The largest absolute Gasteiger partial charge is 0.492 e. The van der Waals surface area contributed by atoms with Crippen LogP contribution in [0.2, 0.25) is 5.02 Å². The van der Waals surface area contributed by atoms with Gasteiger partial charge in [-0.2, -0.15) is 4.31 Å². The molecule has 1 atom stereocenters. The minimum Gasteiger partial charge on any atom is -0.492 e. The number of amides is 2. The van der Waals surface area contributed by atoms with Crippen LogP contribution in [0.4, 0.5) is 5.69 Å². The van der Waals surface area contributed by atoms with E-state index in [4.69, 9.17) is 16.3 Å². The highest BCUT2D eigenvalue weighted by atomic mass is 35.5. The fraction of sp³-hybridized carbons (Fsp3) is 0.364. The third kappa shape index (κ3) is 5.40. The van der Waals surface area contributed by atoms with E-state index in [0.717, 1.165) is 12.8 Å². The van der Waals surface area contributed by atoms with Gasteiger partial charge in [-0.25, -0.2) is 8.42 Å². The number of anilines is 1. The highest BCUT2D eigenvalue weighted by molar-refractivity contribution is 7.89. The molecule has 0 spiro atoms. The molecule has 0 saturated carbocycles. The Kier molecular flexibility index (Phi) is 7.76. The fourth-order valence-corrected chi connectivity index (χ4v) is 5.26. The van der Waals surface area contributed by atoms with Gasteiger partial charge in [-0.1, -0.05) is 23.7 Å². The highest BCUT2D eigenvalue weighted by Crippen LogP contribution is 2.31. The molecule has 172 valence electrons. The number of ether oxygens (including phenoxy) is 1. The Hall–Kier alpha value is -2.62. The first-order chi connectivity index (χ1) is 15.2. The lowest BCUT2D eigenvalue weighted by atomic mass is 10.2. The zero-order chi connectivity index (χ0) is 23.3. The molecule has 3 rings (SSSR count). The quantitative estimate of drug-likeness (QED) is 0.604. The molecular weight excluding hydrogens is 454 g/mol. The second-order valence-electron chi connectivity index (χ2n) is 7.37. The Labute approximate surface area is 192 Å². The lowest BCUT2D eigenvalue weighted by molar-refractivity contribution is -0.117. The third-order valence-electron chi connectivity index (χ3n) is 5.05. The molecule has 1 aliphatic heterocycles. The van der Waals surface area contributed by atoms with Crippen molar-refractivity contribution in [1.29, 1.82) is 0 Å². The summed E-state index contributed by atoms with van der Waals surface area (Å²) in [5.74, 6) is -0.751. The van der Waals surface area contributed by atoms with Crippen molar-refractivity contribution >= 4 is 39.1 Å². The van der Waals surface area contributed by atoms with Crippen LogP contribution < -0.4 is 15.4 Å². The summed E-state index contributed by atoms with van der Waals surface area (Å²) in [4.78, 5) is 25.1. The molecule has 8 nitrogen and oxygen atoms in total. The van der Waals surface area contributed by atoms with Gasteiger partial charge < -0.3 is 15.4 Å². The number of nitrogens with one attached hydrogen (secondary N) is 2. The predicted octanol–water partition coefficient (Wildman–Crippen LogP) is 3.28. The van der Waals surface area contributed by atoms with Crippen molar-refractivity contribution < 1.29 is 22.7 Å². The summed E-state index contributed by atoms with van der Waals surface area (Å²) in [6.07, 6.45) is 1.62. The van der Waals surface area contributed by atoms with Gasteiger partial charge >= 0.3 is 0 Å². The molecule has 2 aromatic rings. The molecule has 0 bridgehead atoms. The van der Waals surface area contributed by atoms with Crippen LogP contribution in [0.3, 0.4) is 0 Å². The molecule has 0 radical (unpaired) electrons. The van der Waals surface area contributed by atoms with Crippen LogP contribution in [0.25, 0.3) is 0 Å². The average Bonchev–Trinajstić information content (AvgIpc) is 3.31. The number of benzene rings is 2. The summed E-state index contributed by atoms with van der Waals surface area (Å²) >= 11 is 6.03. The lowest BCUT2D eigenvalue weighted by Gasteiger charge is -2.20. The van der Waals surface area contributed by atoms with E-state index in [0.29, 0.717) is 19.7 Å². The van der Waals surface area contributed by atoms with E-state index in [1.807, 2.05) is 0 Å². The molecule has 32 heavy (non-hydrogen) atoms. The maximum atomic E-state index is 13.1. The molecular formula is C22H26ClN3O5S. The number of nitrogens with zero attached hydrogens (tertiary/aromatic N) is 1. The van der Waals surface area contributed by atoms with Crippen LogP contribution in [0.1, 0.15) is 37.0 Å². The Morgan fingerprint density at radius 2 is 1.84 bits per heavy atom. The summed E-state index contributed by atoms with van der Waals surface area (Å²) in [5, 5.41) is 5.53. The van der Waals surface area contributed by atoms with Crippen molar-refractivity contribution in [3.8, 4) is 5.75 Å². The molecule has 0 aliphatic carbocycles. The van der Waals surface area contributed by atoms with Crippen molar-refractivity contribution in [2.24, 2.45) is 0 Å². The summed E-state index contributed by atoms with van der Waals surface area (Å²) in [7, 11) is -3.76. The third-order valence-corrected chi connectivity index (χ3v) is 7.30. The van der Waals surface area contributed by atoms with Gasteiger partial charge in [0, 0.05) is 18.8 Å². The number of hydrogen-bond donors (Lipinski definition) is 2. The molecule has 1 heterocycles. The molecule has 2 N–H and O–H groups in total. The van der Waals surface area contributed by atoms with Crippen molar-refractivity contribution in [2.75, 3.05) is 25.0 Å². The van der Waals surface area contributed by atoms with E-state index in [1.165, 1.54) is 23.4 Å². The minimum atomic E-state index is -3.76. The van der Waals surface area contributed by atoms with Gasteiger partial charge in [-0.05, 0) is 57.0 Å². The summed E-state index contributed by atoms with van der Waals surface area (Å²) in [6, 6.07) is 10.1. The van der Waals surface area contributed by atoms with Crippen LogP contribution in [0.15, 0.2) is 47.4 Å². The van der Waals surface area contributed by atoms with Gasteiger partial charge in [0.2, 0.25) is 15.9 Å². The molecule has 0 aromatic heterocycles. The van der Waals surface area contributed by atoms with E-state index in [1.54, 1.807) is 37.3 Å². The summed E-state index contributed by atoms with van der Waals surface area (Å²) < 4.78 is 33.1. The first kappa shape index (κ1) is 24.0. The molecule has 1 fully saturated rings. The number of rotatable bonds is 8. The van der Waals surface area contributed by atoms with Gasteiger partial charge in [-0.3, -0.25) is 9.59 Å². The first-order valence-corrected chi connectivity index (χ1v) is 12.2. The number of carbonyl (C=O) groups excluding carboxylic acids is 2. The molecule has 1 aliphatic rings. The molecule has 2 aromatic carbocycles. The van der Waals surface area contributed by atoms with Gasteiger partial charge in [0.1, 0.15) is 16.7 Å². The number of sulfonamides is 1. The predicted molar refractivity (Wildman–Crippen MR) is 123 cm³/mol. The van der Waals surface area contributed by atoms with Crippen LogP contribution in [0, 0.1) is 0 Å². The van der Waals surface area contributed by atoms with E-state index in [2.05, 4.69) is 10.6 Å². The summed E-state index contributed by atoms with van der Waals surface area (Å²) in [5.41, 5.74) is 0.545. The van der Waals surface area contributed by atoms with Crippen LogP contribution in [-0.2, 0) is 14.8 Å². The van der Waals surface area contributed by atoms with Crippen molar-refractivity contribution in [3.05, 3.63) is 53.1 Å². The Balaban J connectivity index is 1.77. The van der Waals surface area contributed by atoms with Crippen molar-refractivity contribution in [3.63, 3.8) is 0 Å². The molecule has 2 amide bonds. The summed E-state index contributed by atoms with van der Waals surface area (Å²) in [6.45, 7) is 4.51. The molecule has 1 saturated heterocycles. The Bertz CT molecular complexity index is 1100. The minimum absolute atomic E-state index is 0.00630. The van der Waals surface area contributed by atoms with Crippen molar-refractivity contribution in [2.45, 2.75) is 37.6 Å². The second-order valence-corrected chi connectivity index (χ2v) is 9.68. The highest BCUT2D eigenvalue weighted by Gasteiger charge is 2.30. The van der Waals surface area contributed by atoms with Crippen LogP contribution in [-0.4, -0.2) is 50.3 Å². The fourth-order valence-electron chi connectivity index (χ4n) is 3.37. The van der Waals surface area contributed by atoms with Gasteiger partial charge in [0.05, 0.1) is 17.2 Å². The van der Waals surface area contributed by atoms with Crippen LogP contribution >= 0.6 is 11.6 Å². The maximum Gasteiger partial charge on any atom is 0.253 e. The number of hydrogen-bond acceptors (Lipinski definition) is 5. The monoisotopic (exact) mass is 479 g/mol. The van der Waals surface area contributed by atoms with Gasteiger partial charge in [0.15, 0.2) is 0 Å². The maximum absolute atomic E-state index is 13.1. The standard InChI is InChI=1S/C22H26ClN3O5S/c1-3-31-19-11-10-16(14-20(19)32(29,30)26-12-6-7-13-26)25-21(27)15(2)24-22(28)17-8-4-5-9-18(17)23/h4-5,8-11,14-15H,3,6-7,12-13H2,1-2H3,(H,24,28)(H,25,27)/t15-/m0/s1. The molecule has 10 heteroatoms. The molecule has 0 unspecified atom stereocenters. The first-order valence-electron chi connectivity index (χ1n) is 10.4. The lowest BCUT2D eigenvalue weighted by Crippen LogP contribution is -2.41. The second kappa shape index (κ2) is 10.3. The SMILES string of the molecule is CCOc1ccc(NC(=O)[C@H](C)NC(=O)c2ccccc2Cl)cc1S(=O)(=O)N1CCCC1. The Morgan fingerprint density at radius 1 is 1.16 bits per heavy atom. The smallest absolute Gasteiger partial charge is 0.253 e. The zero-order valence-electron chi connectivity index (χ0n) is 17.9. The van der Waals surface area contributed by atoms with E-state index in [9.17, 15) is 18.0 Å². The number of halogens is 1. The van der Waals surface area contributed by atoms with Crippen LogP contribution in [0.5, 0.6) is 5.75 Å². The van der Waals surface area contributed by atoms with E-state index >= 15 is 0 Å². The van der Waals surface area contributed by atoms with E-state index in [-0.39, 0.29) is 26.9 Å².